The van der Waals surface area contributed by atoms with E-state index in [9.17, 15) is 28.5 Å². The van der Waals surface area contributed by atoms with Crippen molar-refractivity contribution in [2.45, 2.75) is 57.2 Å². The summed E-state index contributed by atoms with van der Waals surface area (Å²) in [4.78, 5) is 60.2. The van der Waals surface area contributed by atoms with Crippen LogP contribution in [0.2, 0.25) is 0 Å². The smallest absolute Gasteiger partial charge is 0.340 e. The molecule has 2 rings (SSSR count). The highest BCUT2D eigenvalue weighted by atomic mass is 31.2. The van der Waals surface area contributed by atoms with Crippen molar-refractivity contribution in [2.75, 3.05) is 33.7 Å². The van der Waals surface area contributed by atoms with Crippen LogP contribution in [0.15, 0.2) is 11.6 Å². The first-order chi connectivity index (χ1) is 16.2. The molecular formula is C21H29O13P. The van der Waals surface area contributed by atoms with E-state index in [2.05, 4.69) is 0 Å². The monoisotopic (exact) mass is 520 g/mol. The second-order valence-electron chi connectivity index (χ2n) is 8.35. The molecular weight excluding hydrogens is 491 g/mol. The molecule has 0 aromatic heterocycles. The van der Waals surface area contributed by atoms with Crippen molar-refractivity contribution < 1.29 is 61.5 Å². The van der Waals surface area contributed by atoms with Crippen LogP contribution in [0.25, 0.3) is 0 Å². The molecule has 0 spiro atoms. The minimum Gasteiger partial charge on any atom is -0.467 e. The van der Waals surface area contributed by atoms with Crippen LogP contribution in [0.5, 0.6) is 0 Å². The molecule has 196 valence electrons. The number of rotatable bonds is 10. The third-order valence-corrected chi connectivity index (χ3v) is 5.76. The molecule has 0 aromatic carbocycles. The van der Waals surface area contributed by atoms with Crippen LogP contribution in [0.4, 0.5) is 0 Å². The predicted molar refractivity (Wildman–Crippen MR) is 115 cm³/mol. The summed E-state index contributed by atoms with van der Waals surface area (Å²) in [5.74, 6) is -3.99. The Morgan fingerprint density at radius 1 is 1.11 bits per heavy atom. The first-order valence-corrected chi connectivity index (χ1v) is 13.0. The summed E-state index contributed by atoms with van der Waals surface area (Å²) < 4.78 is 49.5. The minimum absolute atomic E-state index is 0.192. The molecule has 13 nitrogen and oxygen atoms in total. The SMILES string of the molecule is COC(=O)C1(COP(C)(C)=O)CC2OC(=O)C=C2C(C(OC(C)=O)C(COC(C)=O)OC(C)=O)O1. The van der Waals surface area contributed by atoms with E-state index in [4.69, 9.17) is 32.9 Å². The molecule has 0 N–H and O–H groups in total. The van der Waals surface area contributed by atoms with Crippen LogP contribution in [0.3, 0.4) is 0 Å². The van der Waals surface area contributed by atoms with E-state index in [1.165, 1.54) is 13.3 Å². The van der Waals surface area contributed by atoms with Crippen molar-refractivity contribution in [1.82, 2.24) is 0 Å². The number of fused-ring (bicyclic) bond motifs is 1. The maximum Gasteiger partial charge on any atom is 0.340 e. The third-order valence-electron chi connectivity index (χ3n) is 5.01. The van der Waals surface area contributed by atoms with E-state index in [0.717, 1.165) is 34.0 Å². The number of esters is 5. The summed E-state index contributed by atoms with van der Waals surface area (Å²) in [5.41, 5.74) is -1.74. The molecule has 0 saturated carbocycles. The van der Waals surface area contributed by atoms with E-state index < -0.39 is 80.4 Å². The summed E-state index contributed by atoms with van der Waals surface area (Å²) >= 11 is 0. The molecule has 2 heterocycles. The van der Waals surface area contributed by atoms with E-state index in [-0.39, 0.29) is 12.0 Å². The molecule has 0 bridgehead atoms. The van der Waals surface area contributed by atoms with Gasteiger partial charge in [0.05, 0.1) is 13.7 Å². The van der Waals surface area contributed by atoms with Gasteiger partial charge in [-0.1, -0.05) is 0 Å². The Morgan fingerprint density at radius 3 is 2.26 bits per heavy atom. The van der Waals surface area contributed by atoms with Gasteiger partial charge in [-0.2, -0.15) is 0 Å². The van der Waals surface area contributed by atoms with Gasteiger partial charge in [0.2, 0.25) is 0 Å². The Balaban J connectivity index is 2.59. The fourth-order valence-electron chi connectivity index (χ4n) is 3.67. The second-order valence-corrected chi connectivity index (χ2v) is 11.1. The number of ether oxygens (including phenoxy) is 6. The fourth-order valence-corrected chi connectivity index (χ4v) is 4.19. The first-order valence-electron chi connectivity index (χ1n) is 10.5. The molecule has 0 amide bonds. The highest BCUT2D eigenvalue weighted by Gasteiger charge is 2.57. The molecule has 0 aliphatic carbocycles. The number of carbonyl (C=O) groups excluding carboxylic acids is 5. The highest BCUT2D eigenvalue weighted by Crippen LogP contribution is 2.44. The van der Waals surface area contributed by atoms with E-state index >= 15 is 0 Å². The lowest BCUT2D eigenvalue weighted by atomic mass is 9.84. The van der Waals surface area contributed by atoms with Crippen molar-refractivity contribution in [1.29, 1.82) is 0 Å². The van der Waals surface area contributed by atoms with Gasteiger partial charge in [0.25, 0.3) is 0 Å². The summed E-state index contributed by atoms with van der Waals surface area (Å²) in [6.07, 6.45) is -4.45. The quantitative estimate of drug-likeness (QED) is 0.222. The van der Waals surface area contributed by atoms with E-state index in [0.29, 0.717) is 0 Å². The van der Waals surface area contributed by atoms with Crippen LogP contribution in [-0.4, -0.2) is 93.5 Å². The molecule has 0 radical (unpaired) electrons. The molecule has 1 saturated heterocycles. The first kappa shape index (κ1) is 28.5. The highest BCUT2D eigenvalue weighted by molar-refractivity contribution is 7.57. The number of methoxy groups -OCH3 is 1. The van der Waals surface area contributed by atoms with E-state index in [1.807, 2.05) is 0 Å². The molecule has 35 heavy (non-hydrogen) atoms. The Kier molecular flexibility index (Phi) is 9.21. The van der Waals surface area contributed by atoms with Gasteiger partial charge in [-0.25, -0.2) is 9.59 Å². The lowest BCUT2D eigenvalue weighted by Crippen LogP contribution is -2.60. The normalized spacial score (nSPS) is 25.3. The van der Waals surface area contributed by atoms with E-state index in [1.54, 1.807) is 0 Å². The topological polar surface area (TPSA) is 167 Å². The van der Waals surface area contributed by atoms with Gasteiger partial charge in [-0.3, -0.25) is 18.9 Å². The molecule has 0 aromatic rings. The Bertz CT molecular complexity index is 951. The molecule has 2 aliphatic rings. The summed E-state index contributed by atoms with van der Waals surface area (Å²) in [7, 11) is -2.02. The van der Waals surface area contributed by atoms with Gasteiger partial charge in [0, 0.05) is 52.2 Å². The van der Waals surface area contributed by atoms with Gasteiger partial charge in [-0.15, -0.1) is 0 Å². The van der Waals surface area contributed by atoms with Crippen LogP contribution >= 0.6 is 7.37 Å². The number of hydrogen-bond donors (Lipinski definition) is 0. The van der Waals surface area contributed by atoms with Gasteiger partial charge >= 0.3 is 29.8 Å². The third kappa shape index (κ3) is 7.61. The summed E-state index contributed by atoms with van der Waals surface area (Å²) in [6, 6.07) is 0. The van der Waals surface area contributed by atoms with Crippen LogP contribution < -0.4 is 0 Å². The lowest BCUT2D eigenvalue weighted by Gasteiger charge is -2.44. The average Bonchev–Trinajstić information content (AvgIpc) is 3.11. The minimum atomic E-state index is -3.11. The standard InChI is InChI=1S/C21H29O13P/c1-11(22)29-9-16(31-12(2)23)19(32-13(3)24)18-14-7-17(25)33-15(14)8-21(34-18,20(26)28-4)10-30-35(5,6)27/h7,15-16,18-19H,8-10H2,1-6H3. The molecule has 2 aliphatic heterocycles. The largest absolute Gasteiger partial charge is 0.467 e. The van der Waals surface area contributed by atoms with Gasteiger partial charge in [0.1, 0.15) is 18.8 Å². The summed E-state index contributed by atoms with van der Waals surface area (Å²) in [6.45, 7) is 4.88. The van der Waals surface area contributed by atoms with Crippen LogP contribution in [0.1, 0.15) is 27.2 Å². The van der Waals surface area contributed by atoms with Crippen LogP contribution in [-0.2, 0) is 61.5 Å². The van der Waals surface area contributed by atoms with Crippen molar-refractivity contribution in [3.05, 3.63) is 11.6 Å². The lowest BCUT2D eigenvalue weighted by molar-refractivity contribution is -0.221. The number of hydrogen-bond acceptors (Lipinski definition) is 13. The predicted octanol–water partition coefficient (Wildman–Crippen LogP) is 0.520. The molecule has 1 fully saturated rings. The maximum absolute atomic E-state index is 12.9. The Labute approximate surface area is 201 Å². The van der Waals surface area contributed by atoms with Gasteiger partial charge in [0.15, 0.2) is 25.2 Å². The fraction of sp³-hybridized carbons (Fsp3) is 0.667. The maximum atomic E-state index is 12.9. The van der Waals surface area contributed by atoms with Crippen molar-refractivity contribution in [3.8, 4) is 0 Å². The Morgan fingerprint density at radius 2 is 1.74 bits per heavy atom. The Hall–Kier alpha value is -2.76. The molecule has 14 heteroatoms. The zero-order valence-electron chi connectivity index (χ0n) is 20.3. The van der Waals surface area contributed by atoms with Crippen molar-refractivity contribution >= 4 is 37.2 Å². The zero-order valence-corrected chi connectivity index (χ0v) is 21.2. The molecule has 5 atom stereocenters. The van der Waals surface area contributed by atoms with Gasteiger partial charge < -0.3 is 32.9 Å². The number of carbonyl (C=O) groups is 5. The average molecular weight is 520 g/mol. The van der Waals surface area contributed by atoms with Crippen molar-refractivity contribution in [3.63, 3.8) is 0 Å². The van der Waals surface area contributed by atoms with Crippen LogP contribution in [0, 0.1) is 0 Å². The second kappa shape index (κ2) is 11.3. The van der Waals surface area contributed by atoms with Gasteiger partial charge in [-0.05, 0) is 0 Å². The molecule has 5 unspecified atom stereocenters. The van der Waals surface area contributed by atoms with Crippen molar-refractivity contribution in [2.24, 2.45) is 0 Å². The summed E-state index contributed by atoms with van der Waals surface area (Å²) in [5, 5.41) is 0. The zero-order chi connectivity index (χ0) is 26.6.